The minimum absolute atomic E-state index is 0.131. The highest BCUT2D eigenvalue weighted by Gasteiger charge is 2.41. The molecule has 1 fully saturated rings. The molecule has 112 valence electrons. The third-order valence-corrected chi connectivity index (χ3v) is 5.93. The molecule has 0 radical (unpaired) electrons. The van der Waals surface area contributed by atoms with Gasteiger partial charge in [0.15, 0.2) is 0 Å². The Balaban J connectivity index is 2.12. The van der Waals surface area contributed by atoms with Gasteiger partial charge in [0.25, 0.3) is 0 Å². The quantitative estimate of drug-likeness (QED) is 0.904. The zero-order valence-electron chi connectivity index (χ0n) is 12.5. The lowest BCUT2D eigenvalue weighted by Crippen LogP contribution is -2.70. The molecule has 1 saturated heterocycles. The van der Waals surface area contributed by atoms with Crippen LogP contribution in [0.1, 0.15) is 13.8 Å². The molecule has 0 atom stereocenters. The highest BCUT2D eigenvalue weighted by molar-refractivity contribution is 7.89. The maximum atomic E-state index is 12.0. The van der Waals surface area contributed by atoms with Crippen LogP contribution in [-0.2, 0) is 10.0 Å². The van der Waals surface area contributed by atoms with Crippen LogP contribution in [0.25, 0.3) is 0 Å². The van der Waals surface area contributed by atoms with Crippen molar-refractivity contribution < 1.29 is 8.42 Å². The summed E-state index contributed by atoms with van der Waals surface area (Å²) in [4.78, 5) is 2.49. The van der Waals surface area contributed by atoms with Gasteiger partial charge in [-0.3, -0.25) is 0 Å². The first-order chi connectivity index (χ1) is 9.17. The van der Waals surface area contributed by atoms with Crippen molar-refractivity contribution in [2.75, 3.05) is 32.1 Å². The molecule has 6 heteroatoms. The number of benzene rings is 1. The minimum Gasteiger partial charge on any atom is -0.368 e. The zero-order chi connectivity index (χ0) is 15.1. The fourth-order valence-electron chi connectivity index (χ4n) is 2.25. The summed E-state index contributed by atoms with van der Waals surface area (Å²) in [6, 6.07) is 6.99. The molecular formula is C14H23N3O2S. The first kappa shape index (κ1) is 15.3. The Labute approximate surface area is 121 Å². The predicted molar refractivity (Wildman–Crippen MR) is 81.3 cm³/mol. The summed E-state index contributed by atoms with van der Waals surface area (Å²) in [5, 5.41) is 0. The van der Waals surface area contributed by atoms with Gasteiger partial charge in [-0.05, 0) is 30.2 Å². The number of rotatable bonds is 4. The van der Waals surface area contributed by atoms with E-state index in [0.29, 0.717) is 10.8 Å². The summed E-state index contributed by atoms with van der Waals surface area (Å²) >= 11 is 0. The number of hydrogen-bond donors (Lipinski definition) is 1. The molecular weight excluding hydrogens is 274 g/mol. The molecule has 1 aromatic rings. The molecule has 0 saturated carbocycles. The molecule has 1 aliphatic rings. The lowest BCUT2D eigenvalue weighted by molar-refractivity contribution is 0.245. The molecule has 0 bridgehead atoms. The number of anilines is 1. The topological polar surface area (TPSA) is 66.6 Å². The van der Waals surface area contributed by atoms with E-state index in [1.807, 2.05) is 12.1 Å². The zero-order valence-corrected chi connectivity index (χ0v) is 13.3. The second-order valence-corrected chi connectivity index (χ2v) is 8.18. The van der Waals surface area contributed by atoms with Crippen molar-refractivity contribution >= 4 is 15.7 Å². The largest absolute Gasteiger partial charge is 0.368 e. The summed E-state index contributed by atoms with van der Waals surface area (Å²) in [5.41, 5.74) is 7.16. The van der Waals surface area contributed by atoms with E-state index in [9.17, 15) is 8.42 Å². The molecule has 1 aliphatic heterocycles. The Morgan fingerprint density at radius 3 is 2.10 bits per heavy atom. The van der Waals surface area contributed by atoms with Crippen molar-refractivity contribution in [3.05, 3.63) is 24.3 Å². The standard InChI is InChI=1S/C14H23N3O2S/c1-11(2)14(15)9-17(10-14)12-5-7-13(8-6-12)20(18,19)16(3)4/h5-8,11H,9-10,15H2,1-4H3. The van der Waals surface area contributed by atoms with Crippen LogP contribution in [0.5, 0.6) is 0 Å². The molecule has 0 amide bonds. The van der Waals surface area contributed by atoms with Crippen molar-refractivity contribution in [3.8, 4) is 0 Å². The maximum Gasteiger partial charge on any atom is 0.242 e. The fraction of sp³-hybridized carbons (Fsp3) is 0.571. The van der Waals surface area contributed by atoms with Crippen molar-refractivity contribution in [1.29, 1.82) is 0 Å². The van der Waals surface area contributed by atoms with E-state index in [4.69, 9.17) is 5.73 Å². The smallest absolute Gasteiger partial charge is 0.242 e. The van der Waals surface area contributed by atoms with E-state index in [0.717, 1.165) is 18.8 Å². The Bertz CT molecular complexity index is 573. The van der Waals surface area contributed by atoms with Crippen LogP contribution < -0.4 is 10.6 Å². The molecule has 0 aliphatic carbocycles. The molecule has 1 aromatic carbocycles. The van der Waals surface area contributed by atoms with E-state index in [-0.39, 0.29) is 5.54 Å². The average molecular weight is 297 g/mol. The van der Waals surface area contributed by atoms with Crippen LogP contribution >= 0.6 is 0 Å². The molecule has 2 rings (SSSR count). The van der Waals surface area contributed by atoms with Crippen LogP contribution in [0.3, 0.4) is 0 Å². The Morgan fingerprint density at radius 1 is 1.20 bits per heavy atom. The van der Waals surface area contributed by atoms with Gasteiger partial charge in [0.2, 0.25) is 10.0 Å². The summed E-state index contributed by atoms with van der Waals surface area (Å²) < 4.78 is 25.2. The lowest BCUT2D eigenvalue weighted by atomic mass is 9.80. The molecule has 0 aromatic heterocycles. The first-order valence-corrected chi connectivity index (χ1v) is 8.17. The maximum absolute atomic E-state index is 12.0. The first-order valence-electron chi connectivity index (χ1n) is 6.73. The Kier molecular flexibility index (Phi) is 3.83. The molecule has 20 heavy (non-hydrogen) atoms. The third-order valence-electron chi connectivity index (χ3n) is 4.10. The lowest BCUT2D eigenvalue weighted by Gasteiger charge is -2.51. The van der Waals surface area contributed by atoms with Gasteiger partial charge in [-0.2, -0.15) is 0 Å². The van der Waals surface area contributed by atoms with Gasteiger partial charge in [-0.25, -0.2) is 12.7 Å². The van der Waals surface area contributed by atoms with Crippen LogP contribution in [0.4, 0.5) is 5.69 Å². The van der Waals surface area contributed by atoms with Gasteiger partial charge >= 0.3 is 0 Å². The highest BCUT2D eigenvalue weighted by atomic mass is 32.2. The second kappa shape index (κ2) is 5.02. The normalized spacial score (nSPS) is 18.4. The molecule has 0 spiro atoms. The molecule has 2 N–H and O–H groups in total. The summed E-state index contributed by atoms with van der Waals surface area (Å²) in [6.07, 6.45) is 0. The molecule has 1 heterocycles. The Morgan fingerprint density at radius 2 is 1.70 bits per heavy atom. The number of nitrogens with zero attached hydrogens (tertiary/aromatic N) is 2. The number of nitrogens with two attached hydrogens (primary N) is 1. The van der Waals surface area contributed by atoms with E-state index >= 15 is 0 Å². The van der Waals surface area contributed by atoms with E-state index < -0.39 is 10.0 Å². The van der Waals surface area contributed by atoms with Crippen LogP contribution in [0, 0.1) is 5.92 Å². The molecule has 5 nitrogen and oxygen atoms in total. The highest BCUT2D eigenvalue weighted by Crippen LogP contribution is 2.31. The Hall–Kier alpha value is -1.11. The van der Waals surface area contributed by atoms with Crippen molar-refractivity contribution in [2.24, 2.45) is 11.7 Å². The predicted octanol–water partition coefficient (Wildman–Crippen LogP) is 1.11. The third kappa shape index (κ3) is 2.55. The average Bonchev–Trinajstić information content (AvgIpc) is 2.34. The second-order valence-electron chi connectivity index (χ2n) is 6.03. The van der Waals surface area contributed by atoms with Crippen LogP contribution in [-0.4, -0.2) is 45.4 Å². The summed E-state index contributed by atoms with van der Waals surface area (Å²) in [6.45, 7) is 5.88. The minimum atomic E-state index is -3.35. The van der Waals surface area contributed by atoms with E-state index in [2.05, 4.69) is 18.7 Å². The summed E-state index contributed by atoms with van der Waals surface area (Å²) in [7, 11) is -0.291. The van der Waals surface area contributed by atoms with Crippen molar-refractivity contribution in [1.82, 2.24) is 4.31 Å². The SMILES string of the molecule is CC(C)C1(N)CN(c2ccc(S(=O)(=O)N(C)C)cc2)C1. The fourth-order valence-corrected chi connectivity index (χ4v) is 3.15. The number of hydrogen-bond acceptors (Lipinski definition) is 4. The van der Waals surface area contributed by atoms with E-state index in [1.54, 1.807) is 12.1 Å². The van der Waals surface area contributed by atoms with Gasteiger partial charge in [0.1, 0.15) is 0 Å². The monoisotopic (exact) mass is 297 g/mol. The van der Waals surface area contributed by atoms with Gasteiger partial charge in [0.05, 0.1) is 10.4 Å². The van der Waals surface area contributed by atoms with Gasteiger partial charge in [-0.1, -0.05) is 13.8 Å². The van der Waals surface area contributed by atoms with Crippen LogP contribution in [0.15, 0.2) is 29.2 Å². The van der Waals surface area contributed by atoms with Gasteiger partial charge in [-0.15, -0.1) is 0 Å². The van der Waals surface area contributed by atoms with Crippen molar-refractivity contribution in [3.63, 3.8) is 0 Å². The van der Waals surface area contributed by atoms with E-state index in [1.165, 1.54) is 18.4 Å². The summed E-state index contributed by atoms with van der Waals surface area (Å²) in [5.74, 6) is 0.437. The van der Waals surface area contributed by atoms with Crippen LogP contribution in [0.2, 0.25) is 0 Å². The molecule has 0 unspecified atom stereocenters. The van der Waals surface area contributed by atoms with Crippen molar-refractivity contribution in [2.45, 2.75) is 24.3 Å². The number of sulfonamides is 1. The van der Waals surface area contributed by atoms with Gasteiger partial charge in [0, 0.05) is 32.9 Å². The van der Waals surface area contributed by atoms with Gasteiger partial charge < -0.3 is 10.6 Å².